The first-order chi connectivity index (χ1) is 15.2. The highest BCUT2D eigenvalue weighted by Crippen LogP contribution is 2.29. The monoisotopic (exact) mass is 403 g/mol. The first-order valence-corrected chi connectivity index (χ1v) is 9.79. The van der Waals surface area contributed by atoms with Crippen LogP contribution in [0.2, 0.25) is 0 Å². The molecular formula is C24H17N7. The lowest BCUT2D eigenvalue weighted by Gasteiger charge is -2.03. The highest BCUT2D eigenvalue weighted by molar-refractivity contribution is 5.84. The minimum Gasteiger partial charge on any atom is -0.253 e. The average molecular weight is 403 g/mol. The Morgan fingerprint density at radius 2 is 1.65 bits per heavy atom. The van der Waals surface area contributed by atoms with Crippen molar-refractivity contribution in [3.8, 4) is 28.7 Å². The van der Waals surface area contributed by atoms with Crippen molar-refractivity contribution in [2.24, 2.45) is 0 Å². The molecule has 0 atom stereocenters. The van der Waals surface area contributed by atoms with Crippen molar-refractivity contribution in [1.82, 2.24) is 29.9 Å². The molecule has 31 heavy (non-hydrogen) atoms. The fourth-order valence-corrected chi connectivity index (χ4v) is 3.42. The summed E-state index contributed by atoms with van der Waals surface area (Å²) in [5.74, 6) is 0. The maximum Gasteiger partial charge on any atom is 0.139 e. The summed E-state index contributed by atoms with van der Waals surface area (Å²) in [7, 11) is 0. The molecule has 0 amide bonds. The number of nitrogens with zero attached hydrogens (tertiary/aromatic N) is 7. The highest BCUT2D eigenvalue weighted by Gasteiger charge is 2.17. The normalized spacial score (nSPS) is 10.8. The van der Waals surface area contributed by atoms with Crippen LogP contribution in [0.4, 0.5) is 0 Å². The molecule has 0 spiro atoms. The number of hydrogen-bond donors (Lipinski definition) is 0. The molecule has 7 nitrogen and oxygen atoms in total. The Morgan fingerprint density at radius 3 is 2.42 bits per heavy atom. The molecule has 0 fully saturated rings. The molecule has 0 saturated carbocycles. The van der Waals surface area contributed by atoms with Gasteiger partial charge in [0.15, 0.2) is 0 Å². The third-order valence-electron chi connectivity index (χ3n) is 4.94. The van der Waals surface area contributed by atoms with Crippen LogP contribution in [0.3, 0.4) is 0 Å². The van der Waals surface area contributed by atoms with Gasteiger partial charge in [0, 0.05) is 23.7 Å². The van der Waals surface area contributed by atoms with E-state index in [2.05, 4.69) is 21.0 Å². The summed E-state index contributed by atoms with van der Waals surface area (Å²) in [6.45, 7) is 2.44. The van der Waals surface area contributed by atoms with Crippen LogP contribution in [0.25, 0.3) is 33.7 Å². The van der Waals surface area contributed by atoms with Crippen LogP contribution in [0, 0.1) is 18.3 Å². The molecule has 5 rings (SSSR count). The van der Waals surface area contributed by atoms with Crippen LogP contribution in [0.1, 0.15) is 16.8 Å². The van der Waals surface area contributed by atoms with E-state index in [-0.39, 0.29) is 0 Å². The van der Waals surface area contributed by atoms with Crippen molar-refractivity contribution in [2.75, 3.05) is 0 Å². The van der Waals surface area contributed by atoms with Crippen molar-refractivity contribution < 1.29 is 0 Å². The summed E-state index contributed by atoms with van der Waals surface area (Å²) in [5, 5.41) is 18.6. The van der Waals surface area contributed by atoms with Crippen LogP contribution >= 0.6 is 0 Å². The van der Waals surface area contributed by atoms with E-state index in [1.54, 1.807) is 29.3 Å². The topological polar surface area (TPSA) is 93.2 Å². The largest absolute Gasteiger partial charge is 0.253 e. The maximum atomic E-state index is 9.01. The summed E-state index contributed by atoms with van der Waals surface area (Å²) in [6, 6.07) is 21.3. The van der Waals surface area contributed by atoms with Crippen LogP contribution in [0.15, 0.2) is 73.1 Å². The molecule has 0 unspecified atom stereocenters. The fraction of sp³-hybridized carbons (Fsp3) is 0.0833. The number of fused-ring (bicyclic) bond motifs is 1. The Bertz CT molecular complexity index is 1430. The fourth-order valence-electron chi connectivity index (χ4n) is 3.42. The van der Waals surface area contributed by atoms with E-state index in [0.717, 1.165) is 39.2 Å². The van der Waals surface area contributed by atoms with E-state index in [4.69, 9.17) is 15.5 Å². The van der Waals surface area contributed by atoms with Crippen molar-refractivity contribution in [3.05, 3.63) is 89.9 Å². The van der Waals surface area contributed by atoms with Crippen molar-refractivity contribution >= 4 is 11.0 Å². The van der Waals surface area contributed by atoms with E-state index >= 15 is 0 Å². The third kappa shape index (κ3) is 3.74. The van der Waals surface area contributed by atoms with Crippen molar-refractivity contribution in [2.45, 2.75) is 13.5 Å². The highest BCUT2D eigenvalue weighted by atomic mass is 15.5. The minimum absolute atomic E-state index is 0.484. The molecule has 3 aromatic heterocycles. The lowest BCUT2D eigenvalue weighted by atomic mass is 10.1. The summed E-state index contributed by atoms with van der Waals surface area (Å²) in [4.78, 5) is 15.1. The number of aryl methyl sites for hydroxylation is 1. The van der Waals surface area contributed by atoms with E-state index in [1.807, 2.05) is 55.5 Å². The summed E-state index contributed by atoms with van der Waals surface area (Å²) < 4.78 is 0. The smallest absolute Gasteiger partial charge is 0.139 e. The lowest BCUT2D eigenvalue weighted by molar-refractivity contribution is 0.594. The van der Waals surface area contributed by atoms with Gasteiger partial charge in [-0.15, -0.1) is 0 Å². The van der Waals surface area contributed by atoms with E-state index in [1.165, 1.54) is 0 Å². The molecule has 2 aromatic carbocycles. The Balaban J connectivity index is 1.61. The van der Waals surface area contributed by atoms with E-state index in [9.17, 15) is 0 Å². The molecule has 0 aliphatic carbocycles. The molecule has 7 heteroatoms. The van der Waals surface area contributed by atoms with Crippen LogP contribution in [-0.4, -0.2) is 29.9 Å². The zero-order chi connectivity index (χ0) is 21.2. The Labute approximate surface area is 178 Å². The second-order valence-electron chi connectivity index (χ2n) is 7.16. The van der Waals surface area contributed by atoms with Gasteiger partial charge in [0.05, 0.1) is 34.9 Å². The van der Waals surface area contributed by atoms with E-state index in [0.29, 0.717) is 17.8 Å². The number of benzene rings is 2. The van der Waals surface area contributed by atoms with Gasteiger partial charge in [-0.05, 0) is 48.9 Å². The number of nitriles is 1. The van der Waals surface area contributed by atoms with Crippen molar-refractivity contribution in [3.63, 3.8) is 0 Å². The van der Waals surface area contributed by atoms with Gasteiger partial charge in [-0.1, -0.05) is 24.3 Å². The van der Waals surface area contributed by atoms with Gasteiger partial charge in [0.1, 0.15) is 11.4 Å². The Kier molecular flexibility index (Phi) is 4.65. The second kappa shape index (κ2) is 7.76. The first kappa shape index (κ1) is 18.6. The number of hydrogen-bond acceptors (Lipinski definition) is 6. The molecule has 3 heterocycles. The SMILES string of the molecule is Cc1cccc(-c2nn(Cc3ccc(C#N)cc3)nc2-c2ccc3nccnc3c2)n1. The first-order valence-electron chi connectivity index (χ1n) is 9.79. The van der Waals surface area contributed by atoms with Crippen molar-refractivity contribution in [1.29, 1.82) is 5.26 Å². The van der Waals surface area contributed by atoms with Gasteiger partial charge < -0.3 is 0 Å². The number of aromatic nitrogens is 6. The third-order valence-corrected chi connectivity index (χ3v) is 4.94. The summed E-state index contributed by atoms with van der Waals surface area (Å²) >= 11 is 0. The molecule has 0 aliphatic heterocycles. The van der Waals surface area contributed by atoms with Gasteiger partial charge in [-0.3, -0.25) is 15.0 Å². The molecule has 0 aliphatic rings. The lowest BCUT2D eigenvalue weighted by Crippen LogP contribution is -2.04. The molecule has 0 N–H and O–H groups in total. The second-order valence-corrected chi connectivity index (χ2v) is 7.16. The Morgan fingerprint density at radius 1 is 0.871 bits per heavy atom. The van der Waals surface area contributed by atoms with Crippen LogP contribution in [0.5, 0.6) is 0 Å². The minimum atomic E-state index is 0.484. The maximum absolute atomic E-state index is 9.01. The van der Waals surface area contributed by atoms with Gasteiger partial charge in [-0.2, -0.15) is 20.3 Å². The van der Waals surface area contributed by atoms with Crippen LogP contribution in [-0.2, 0) is 6.54 Å². The van der Waals surface area contributed by atoms with E-state index < -0.39 is 0 Å². The predicted octanol–water partition coefficient (Wildman–Crippen LogP) is 4.18. The van der Waals surface area contributed by atoms with Gasteiger partial charge in [0.25, 0.3) is 0 Å². The standard InChI is InChI=1S/C24H17N7/c1-16-3-2-4-21(28-16)24-23(19-9-10-20-22(13-19)27-12-11-26-20)29-31(30-24)15-18-7-5-17(14-25)6-8-18/h2-13H,15H2,1H3. The quantitative estimate of drug-likeness (QED) is 0.447. The molecule has 148 valence electrons. The zero-order valence-corrected chi connectivity index (χ0v) is 16.8. The summed E-state index contributed by atoms with van der Waals surface area (Å²) in [6.07, 6.45) is 3.36. The van der Waals surface area contributed by atoms with Crippen LogP contribution < -0.4 is 0 Å². The van der Waals surface area contributed by atoms with Gasteiger partial charge >= 0.3 is 0 Å². The van der Waals surface area contributed by atoms with Gasteiger partial charge in [0.2, 0.25) is 0 Å². The predicted molar refractivity (Wildman–Crippen MR) is 117 cm³/mol. The molecular weight excluding hydrogens is 386 g/mol. The Hall–Kier alpha value is -4.44. The molecule has 0 bridgehead atoms. The number of rotatable bonds is 4. The zero-order valence-electron chi connectivity index (χ0n) is 16.8. The van der Waals surface area contributed by atoms with Gasteiger partial charge in [-0.25, -0.2) is 0 Å². The molecule has 0 radical (unpaired) electrons. The average Bonchev–Trinajstić information content (AvgIpc) is 3.23. The molecule has 5 aromatic rings. The number of pyridine rings is 1. The summed E-state index contributed by atoms with van der Waals surface area (Å²) in [5.41, 5.74) is 7.27. The molecule has 0 saturated heterocycles.